The van der Waals surface area contributed by atoms with Gasteiger partial charge in [-0.05, 0) is 83.2 Å². The molecule has 0 unspecified atom stereocenters. The monoisotopic (exact) mass is 479 g/mol. The molecule has 33 heavy (non-hydrogen) atoms. The first-order valence-corrected chi connectivity index (χ1v) is 13.0. The Morgan fingerprint density at radius 3 is 2.48 bits per heavy atom. The smallest absolute Gasteiger partial charge is 0.255 e. The van der Waals surface area contributed by atoms with Gasteiger partial charge in [0.25, 0.3) is 5.91 Å². The Hall–Kier alpha value is -1.54. The molecule has 186 valence electrons. The number of likely N-dealkylation sites (tertiary alicyclic amines) is 2. The number of nitrogen functional groups attached to an aromatic ring is 1. The lowest BCUT2D eigenvalue weighted by atomic mass is 9.94. The van der Waals surface area contributed by atoms with Crippen molar-refractivity contribution < 1.29 is 9.53 Å². The third-order valence-electron chi connectivity index (χ3n) is 7.04. The SMILES string of the molecule is CCNCCCCN1CCC(CN2CCC(NC(=O)c3cc(Cl)c(N)cc3OC)CC2)CC1. The third kappa shape index (κ3) is 8.02. The molecule has 1 aromatic carbocycles. The lowest BCUT2D eigenvalue weighted by Gasteiger charge is -2.38. The molecule has 0 atom stereocenters. The molecule has 0 saturated carbocycles. The van der Waals surface area contributed by atoms with Crippen LogP contribution in [0.25, 0.3) is 0 Å². The molecule has 2 aliphatic rings. The molecule has 2 fully saturated rings. The van der Waals surface area contributed by atoms with E-state index in [-0.39, 0.29) is 11.9 Å². The predicted molar refractivity (Wildman–Crippen MR) is 136 cm³/mol. The van der Waals surface area contributed by atoms with Crippen LogP contribution < -0.4 is 21.1 Å². The number of carbonyl (C=O) groups is 1. The molecular formula is C25H42ClN5O2. The zero-order chi connectivity index (χ0) is 23.6. The standard InChI is InChI=1S/C25H42ClN5O2/c1-3-28-10-4-5-11-30-12-6-19(7-13-30)18-31-14-8-20(9-15-31)29-25(32)21-16-22(26)23(27)17-24(21)33-2/h16-17,19-20,28H,3-15,18,27H2,1-2H3,(H,29,32). The number of benzene rings is 1. The van der Waals surface area contributed by atoms with Gasteiger partial charge in [0.1, 0.15) is 5.75 Å². The van der Waals surface area contributed by atoms with E-state index in [0.717, 1.165) is 44.9 Å². The van der Waals surface area contributed by atoms with Crippen LogP contribution in [-0.2, 0) is 0 Å². The van der Waals surface area contributed by atoms with Gasteiger partial charge in [-0.15, -0.1) is 0 Å². The van der Waals surface area contributed by atoms with Crippen LogP contribution in [0, 0.1) is 5.92 Å². The zero-order valence-electron chi connectivity index (χ0n) is 20.4. The molecular weight excluding hydrogens is 438 g/mol. The van der Waals surface area contributed by atoms with E-state index in [9.17, 15) is 4.79 Å². The van der Waals surface area contributed by atoms with Crippen molar-refractivity contribution >= 4 is 23.2 Å². The number of hydrogen-bond acceptors (Lipinski definition) is 6. The fourth-order valence-corrected chi connectivity index (χ4v) is 5.12. The number of unbranched alkanes of at least 4 members (excludes halogenated alkanes) is 1. The second-order valence-corrected chi connectivity index (χ2v) is 9.88. The summed E-state index contributed by atoms with van der Waals surface area (Å²) in [6.07, 6.45) is 7.13. The molecule has 2 saturated heterocycles. The number of nitrogens with one attached hydrogen (secondary N) is 2. The third-order valence-corrected chi connectivity index (χ3v) is 7.36. The van der Waals surface area contributed by atoms with Crippen LogP contribution >= 0.6 is 11.6 Å². The number of amides is 1. The highest BCUT2D eigenvalue weighted by Gasteiger charge is 2.26. The molecule has 1 amide bonds. The van der Waals surface area contributed by atoms with Gasteiger partial charge in [0.05, 0.1) is 23.4 Å². The van der Waals surface area contributed by atoms with Crippen molar-refractivity contribution in [3.8, 4) is 5.75 Å². The van der Waals surface area contributed by atoms with Crippen molar-refractivity contribution in [1.29, 1.82) is 0 Å². The number of hydrogen-bond donors (Lipinski definition) is 3. The molecule has 8 heteroatoms. The van der Waals surface area contributed by atoms with Crippen molar-refractivity contribution in [1.82, 2.24) is 20.4 Å². The van der Waals surface area contributed by atoms with Gasteiger partial charge in [0.2, 0.25) is 0 Å². The molecule has 0 spiro atoms. The van der Waals surface area contributed by atoms with E-state index in [1.807, 2.05) is 0 Å². The number of nitrogens with two attached hydrogens (primary N) is 1. The van der Waals surface area contributed by atoms with E-state index in [1.54, 1.807) is 12.1 Å². The molecule has 0 aromatic heterocycles. The second kappa shape index (κ2) is 13.4. The number of halogens is 1. The quantitative estimate of drug-likeness (QED) is 0.334. The summed E-state index contributed by atoms with van der Waals surface area (Å²) in [5.74, 6) is 1.11. The van der Waals surface area contributed by atoms with E-state index in [4.69, 9.17) is 22.1 Å². The van der Waals surface area contributed by atoms with Crippen LogP contribution in [-0.4, -0.2) is 81.2 Å². The van der Waals surface area contributed by atoms with E-state index in [1.165, 1.54) is 59.0 Å². The molecule has 0 aliphatic carbocycles. The first-order chi connectivity index (χ1) is 16.0. The molecule has 1 aromatic rings. The van der Waals surface area contributed by atoms with E-state index < -0.39 is 0 Å². The van der Waals surface area contributed by atoms with Crippen molar-refractivity contribution in [3.63, 3.8) is 0 Å². The Kier molecular flexibility index (Phi) is 10.6. The first-order valence-electron chi connectivity index (χ1n) is 12.6. The van der Waals surface area contributed by atoms with Crippen LogP contribution in [0.15, 0.2) is 12.1 Å². The summed E-state index contributed by atoms with van der Waals surface area (Å²) < 4.78 is 5.32. The summed E-state index contributed by atoms with van der Waals surface area (Å²) in [5.41, 5.74) is 6.68. The maximum atomic E-state index is 12.8. The summed E-state index contributed by atoms with van der Waals surface area (Å²) in [6.45, 7) is 11.4. The van der Waals surface area contributed by atoms with Crippen LogP contribution in [0.1, 0.15) is 55.8 Å². The molecule has 7 nitrogen and oxygen atoms in total. The highest BCUT2D eigenvalue weighted by Crippen LogP contribution is 2.29. The van der Waals surface area contributed by atoms with Gasteiger partial charge in [-0.25, -0.2) is 0 Å². The number of carbonyl (C=O) groups excluding carboxylic acids is 1. The second-order valence-electron chi connectivity index (χ2n) is 9.47. The zero-order valence-corrected chi connectivity index (χ0v) is 21.1. The Labute approximate surface area is 204 Å². The van der Waals surface area contributed by atoms with Gasteiger partial charge in [-0.3, -0.25) is 4.79 Å². The summed E-state index contributed by atoms with van der Waals surface area (Å²) in [5, 5.41) is 6.94. The fourth-order valence-electron chi connectivity index (χ4n) is 4.96. The molecule has 4 N–H and O–H groups in total. The number of nitrogens with zero attached hydrogens (tertiary/aromatic N) is 2. The minimum Gasteiger partial charge on any atom is -0.496 e. The van der Waals surface area contributed by atoms with Crippen molar-refractivity contribution in [2.45, 2.75) is 51.5 Å². The number of ether oxygens (including phenoxy) is 1. The number of anilines is 1. The lowest BCUT2D eigenvalue weighted by molar-refractivity contribution is 0.0887. The molecule has 3 rings (SSSR count). The van der Waals surface area contributed by atoms with Crippen LogP contribution in [0.2, 0.25) is 5.02 Å². The Morgan fingerprint density at radius 1 is 1.12 bits per heavy atom. The van der Waals surface area contributed by atoms with Crippen molar-refractivity contribution in [2.75, 3.05) is 65.2 Å². The van der Waals surface area contributed by atoms with Gasteiger partial charge in [0, 0.05) is 31.7 Å². The summed E-state index contributed by atoms with van der Waals surface area (Å²) >= 11 is 6.12. The number of rotatable bonds is 11. The maximum absolute atomic E-state index is 12.8. The Bertz CT molecular complexity index is 747. The van der Waals surface area contributed by atoms with Gasteiger partial charge in [-0.1, -0.05) is 18.5 Å². The summed E-state index contributed by atoms with van der Waals surface area (Å²) in [4.78, 5) is 18.0. The summed E-state index contributed by atoms with van der Waals surface area (Å²) in [6, 6.07) is 3.38. The normalized spacial score (nSPS) is 19.0. The Balaban J connectivity index is 1.35. The highest BCUT2D eigenvalue weighted by atomic mass is 35.5. The molecule has 2 heterocycles. The topological polar surface area (TPSA) is 82.9 Å². The summed E-state index contributed by atoms with van der Waals surface area (Å²) in [7, 11) is 1.54. The van der Waals surface area contributed by atoms with Crippen LogP contribution in [0.4, 0.5) is 5.69 Å². The van der Waals surface area contributed by atoms with Gasteiger partial charge < -0.3 is 30.9 Å². The van der Waals surface area contributed by atoms with Gasteiger partial charge in [0.15, 0.2) is 0 Å². The van der Waals surface area contributed by atoms with Gasteiger partial charge >= 0.3 is 0 Å². The lowest BCUT2D eigenvalue weighted by Crippen LogP contribution is -2.47. The average Bonchev–Trinajstić information content (AvgIpc) is 2.82. The van der Waals surface area contributed by atoms with E-state index in [0.29, 0.717) is 22.0 Å². The fraction of sp³-hybridized carbons (Fsp3) is 0.720. The van der Waals surface area contributed by atoms with E-state index in [2.05, 4.69) is 27.4 Å². The van der Waals surface area contributed by atoms with Crippen molar-refractivity contribution in [3.05, 3.63) is 22.7 Å². The minimum atomic E-state index is -0.148. The Morgan fingerprint density at radius 2 is 1.82 bits per heavy atom. The number of methoxy groups -OCH3 is 1. The minimum absolute atomic E-state index is 0.148. The van der Waals surface area contributed by atoms with Gasteiger partial charge in [-0.2, -0.15) is 0 Å². The molecule has 2 aliphatic heterocycles. The molecule has 0 bridgehead atoms. The largest absolute Gasteiger partial charge is 0.496 e. The maximum Gasteiger partial charge on any atom is 0.255 e. The predicted octanol–water partition coefficient (Wildman–Crippen LogP) is 3.23. The van der Waals surface area contributed by atoms with Crippen LogP contribution in [0.5, 0.6) is 5.75 Å². The van der Waals surface area contributed by atoms with Crippen LogP contribution in [0.3, 0.4) is 0 Å². The number of piperidine rings is 2. The average molecular weight is 480 g/mol. The highest BCUT2D eigenvalue weighted by molar-refractivity contribution is 6.33. The van der Waals surface area contributed by atoms with E-state index >= 15 is 0 Å². The molecule has 0 radical (unpaired) electrons. The first kappa shape index (κ1) is 26.1. The van der Waals surface area contributed by atoms with Crippen molar-refractivity contribution in [2.24, 2.45) is 5.92 Å².